The number of hydrogen-bond donors (Lipinski definition) is 0. The Morgan fingerprint density at radius 1 is 1.21 bits per heavy atom. The van der Waals surface area contributed by atoms with E-state index in [2.05, 4.69) is 16.0 Å². The van der Waals surface area contributed by atoms with Gasteiger partial charge in [-0.3, -0.25) is 9.59 Å². The van der Waals surface area contributed by atoms with Crippen molar-refractivity contribution in [3.05, 3.63) is 23.3 Å². The van der Waals surface area contributed by atoms with E-state index < -0.39 is 5.92 Å². The number of carbonyl (C=O) groups is 2. The molecular weight excluding hydrogens is 304 g/mol. The van der Waals surface area contributed by atoms with E-state index in [1.807, 2.05) is 19.9 Å². The summed E-state index contributed by atoms with van der Waals surface area (Å²) in [5.74, 6) is -0.793. The van der Waals surface area contributed by atoms with Crippen LogP contribution >= 0.6 is 0 Å². The van der Waals surface area contributed by atoms with Crippen LogP contribution in [0.1, 0.15) is 48.8 Å². The first kappa shape index (κ1) is 16.6. The number of aryl methyl sites for hydroxylation is 2. The molecule has 6 heteroatoms. The molecule has 2 fully saturated rings. The maximum atomic E-state index is 12.9. The third-order valence-electron chi connectivity index (χ3n) is 4.73. The van der Waals surface area contributed by atoms with Gasteiger partial charge in [-0.2, -0.15) is 5.26 Å². The number of nitriles is 1. The van der Waals surface area contributed by atoms with Crippen LogP contribution in [-0.4, -0.2) is 39.6 Å². The predicted octanol–water partition coefficient (Wildman–Crippen LogP) is 1.92. The van der Waals surface area contributed by atoms with Crippen LogP contribution in [0.25, 0.3) is 0 Å². The second-order valence-electron chi connectivity index (χ2n) is 6.87. The Hall–Kier alpha value is -2.29. The standard InChI is InChI=1S/C18H22N4O2/c1-11-8-12(2)21-17(20-11)15(9-19)16(23)14-4-3-7-22(10-14)18(24)13-5-6-13/h8,13-15H,3-7,10H2,1-2H3/t14-,15+/m1/s1. The SMILES string of the molecule is Cc1cc(C)nc([C@@H](C#N)C(=O)[C@@H]2CCCN(C(=O)C3CC3)C2)n1. The molecule has 0 bridgehead atoms. The van der Waals surface area contributed by atoms with E-state index in [9.17, 15) is 14.9 Å². The van der Waals surface area contributed by atoms with Gasteiger partial charge in [0, 0.05) is 36.3 Å². The van der Waals surface area contributed by atoms with Crippen LogP contribution in [0.15, 0.2) is 6.07 Å². The van der Waals surface area contributed by atoms with Gasteiger partial charge in [0.05, 0.1) is 6.07 Å². The monoisotopic (exact) mass is 326 g/mol. The number of likely N-dealkylation sites (tertiary alicyclic amines) is 1. The summed E-state index contributed by atoms with van der Waals surface area (Å²) in [4.78, 5) is 35.5. The lowest BCUT2D eigenvalue weighted by Crippen LogP contribution is -2.44. The second kappa shape index (κ2) is 6.68. The molecule has 2 aliphatic rings. The number of rotatable bonds is 4. The Balaban J connectivity index is 1.75. The molecule has 2 atom stereocenters. The highest BCUT2D eigenvalue weighted by molar-refractivity contribution is 5.90. The maximum absolute atomic E-state index is 12.9. The largest absolute Gasteiger partial charge is 0.342 e. The smallest absolute Gasteiger partial charge is 0.225 e. The number of hydrogen-bond acceptors (Lipinski definition) is 5. The summed E-state index contributed by atoms with van der Waals surface area (Å²) in [6.07, 6.45) is 3.45. The summed E-state index contributed by atoms with van der Waals surface area (Å²) < 4.78 is 0. The van der Waals surface area contributed by atoms with Crippen LogP contribution in [0.2, 0.25) is 0 Å². The van der Waals surface area contributed by atoms with Crippen molar-refractivity contribution in [1.82, 2.24) is 14.9 Å². The van der Waals surface area contributed by atoms with E-state index in [4.69, 9.17) is 0 Å². The van der Waals surface area contributed by atoms with Crippen molar-refractivity contribution in [1.29, 1.82) is 5.26 Å². The molecule has 3 rings (SSSR count). The zero-order valence-corrected chi connectivity index (χ0v) is 14.2. The number of aromatic nitrogens is 2. The first-order chi connectivity index (χ1) is 11.5. The molecule has 0 radical (unpaired) electrons. The van der Waals surface area contributed by atoms with Crippen LogP contribution in [0, 0.1) is 37.0 Å². The molecule has 1 aromatic rings. The predicted molar refractivity (Wildman–Crippen MR) is 86.9 cm³/mol. The summed E-state index contributed by atoms with van der Waals surface area (Å²) in [6.45, 7) is 4.80. The van der Waals surface area contributed by atoms with Crippen molar-refractivity contribution in [3.63, 3.8) is 0 Å². The molecule has 6 nitrogen and oxygen atoms in total. The van der Waals surface area contributed by atoms with Crippen molar-refractivity contribution >= 4 is 11.7 Å². The van der Waals surface area contributed by atoms with E-state index >= 15 is 0 Å². The fourth-order valence-electron chi connectivity index (χ4n) is 3.36. The van der Waals surface area contributed by atoms with Gasteiger partial charge in [0.2, 0.25) is 5.91 Å². The van der Waals surface area contributed by atoms with E-state index in [0.717, 1.165) is 43.6 Å². The Kier molecular flexibility index (Phi) is 4.61. The van der Waals surface area contributed by atoms with Gasteiger partial charge in [0.1, 0.15) is 0 Å². The average Bonchev–Trinajstić information content (AvgIpc) is 3.39. The van der Waals surface area contributed by atoms with Crippen LogP contribution in [0.3, 0.4) is 0 Å². The molecule has 0 aromatic carbocycles. The Labute approximate surface area is 141 Å². The van der Waals surface area contributed by atoms with Gasteiger partial charge >= 0.3 is 0 Å². The summed E-state index contributed by atoms with van der Waals surface area (Å²) >= 11 is 0. The first-order valence-corrected chi connectivity index (χ1v) is 8.54. The molecule has 2 heterocycles. The maximum Gasteiger partial charge on any atom is 0.225 e. The zero-order valence-electron chi connectivity index (χ0n) is 14.2. The molecule has 126 valence electrons. The molecule has 1 saturated carbocycles. The highest BCUT2D eigenvalue weighted by atomic mass is 16.2. The fourth-order valence-corrected chi connectivity index (χ4v) is 3.36. The minimum absolute atomic E-state index is 0.157. The second-order valence-corrected chi connectivity index (χ2v) is 6.87. The van der Waals surface area contributed by atoms with E-state index in [1.54, 1.807) is 4.90 Å². The van der Waals surface area contributed by atoms with Crippen LogP contribution in [-0.2, 0) is 9.59 Å². The van der Waals surface area contributed by atoms with E-state index in [0.29, 0.717) is 6.54 Å². The van der Waals surface area contributed by atoms with Crippen LogP contribution in [0.5, 0.6) is 0 Å². The van der Waals surface area contributed by atoms with Crippen molar-refractivity contribution in [2.75, 3.05) is 13.1 Å². The normalized spacial score (nSPS) is 21.9. The molecule has 0 unspecified atom stereocenters. The Morgan fingerprint density at radius 2 is 1.88 bits per heavy atom. The number of amides is 1. The molecule has 1 amide bonds. The lowest BCUT2D eigenvalue weighted by molar-refractivity contribution is -0.136. The molecule has 0 N–H and O–H groups in total. The molecule has 1 saturated heterocycles. The number of ketones is 1. The minimum atomic E-state index is -0.954. The Bertz CT molecular complexity index is 685. The average molecular weight is 326 g/mol. The number of carbonyl (C=O) groups excluding carboxylic acids is 2. The van der Waals surface area contributed by atoms with E-state index in [1.165, 1.54) is 0 Å². The summed E-state index contributed by atoms with van der Waals surface area (Å²) in [5, 5.41) is 9.50. The molecular formula is C18H22N4O2. The lowest BCUT2D eigenvalue weighted by atomic mass is 9.86. The summed E-state index contributed by atoms with van der Waals surface area (Å²) in [5.41, 5.74) is 1.50. The van der Waals surface area contributed by atoms with Gasteiger partial charge in [0.15, 0.2) is 17.5 Å². The molecule has 0 spiro atoms. The van der Waals surface area contributed by atoms with Crippen LogP contribution in [0.4, 0.5) is 0 Å². The van der Waals surface area contributed by atoms with Gasteiger partial charge in [-0.15, -0.1) is 0 Å². The van der Waals surface area contributed by atoms with Gasteiger partial charge in [-0.05, 0) is 45.6 Å². The highest BCUT2D eigenvalue weighted by Crippen LogP contribution is 2.33. The van der Waals surface area contributed by atoms with E-state index in [-0.39, 0.29) is 29.4 Å². The molecule has 1 aromatic heterocycles. The molecule has 24 heavy (non-hydrogen) atoms. The summed E-state index contributed by atoms with van der Waals surface area (Å²) in [6, 6.07) is 3.89. The number of Topliss-reactive ketones (excluding diaryl/α,β-unsaturated/α-hetero) is 1. The first-order valence-electron chi connectivity index (χ1n) is 8.54. The fraction of sp³-hybridized carbons (Fsp3) is 0.611. The Morgan fingerprint density at radius 3 is 2.46 bits per heavy atom. The molecule has 1 aliphatic carbocycles. The lowest BCUT2D eigenvalue weighted by Gasteiger charge is -2.32. The number of piperidine rings is 1. The van der Waals surface area contributed by atoms with Crippen molar-refractivity contribution in [2.45, 2.75) is 45.4 Å². The van der Waals surface area contributed by atoms with Gasteiger partial charge < -0.3 is 4.90 Å². The molecule has 1 aliphatic heterocycles. The quantitative estimate of drug-likeness (QED) is 0.843. The van der Waals surface area contributed by atoms with Crippen molar-refractivity contribution in [2.24, 2.45) is 11.8 Å². The zero-order chi connectivity index (χ0) is 17.3. The topological polar surface area (TPSA) is 87.0 Å². The number of nitrogens with zero attached hydrogens (tertiary/aromatic N) is 4. The highest BCUT2D eigenvalue weighted by Gasteiger charge is 2.38. The van der Waals surface area contributed by atoms with Crippen molar-refractivity contribution < 1.29 is 9.59 Å². The third kappa shape index (κ3) is 3.45. The minimum Gasteiger partial charge on any atom is -0.342 e. The van der Waals surface area contributed by atoms with Crippen molar-refractivity contribution in [3.8, 4) is 6.07 Å². The van der Waals surface area contributed by atoms with Crippen LogP contribution < -0.4 is 0 Å². The van der Waals surface area contributed by atoms with Gasteiger partial charge in [0.25, 0.3) is 0 Å². The summed E-state index contributed by atoms with van der Waals surface area (Å²) in [7, 11) is 0. The van der Waals surface area contributed by atoms with Gasteiger partial charge in [-0.25, -0.2) is 9.97 Å². The third-order valence-corrected chi connectivity index (χ3v) is 4.73. The van der Waals surface area contributed by atoms with Gasteiger partial charge in [-0.1, -0.05) is 0 Å².